The number of hydrogen-bond donors (Lipinski definition) is 1. The summed E-state index contributed by atoms with van der Waals surface area (Å²) in [7, 11) is 0. The van der Waals surface area contributed by atoms with E-state index in [1.165, 1.54) is 0 Å². The van der Waals surface area contributed by atoms with Crippen LogP contribution in [0.15, 0.2) is 175 Å². The molecular formula is C48H42N4O2. The maximum Gasteiger partial charge on any atom is 0.160 e. The van der Waals surface area contributed by atoms with Gasteiger partial charge >= 0.3 is 0 Å². The quantitative estimate of drug-likeness (QED) is 0.120. The van der Waals surface area contributed by atoms with E-state index in [0.29, 0.717) is 24.0 Å². The number of fused-ring (bicyclic) bond motifs is 4. The minimum Gasteiger partial charge on any atom is -0.458 e. The number of nitrogens with two attached hydrogens (primary N) is 1. The van der Waals surface area contributed by atoms with Gasteiger partial charge in [-0.05, 0) is 67.1 Å². The van der Waals surface area contributed by atoms with Gasteiger partial charge in [0.15, 0.2) is 5.84 Å². The Morgan fingerprint density at radius 1 is 0.778 bits per heavy atom. The molecule has 1 atom stereocenters. The van der Waals surface area contributed by atoms with E-state index in [1.54, 1.807) is 0 Å². The molecular weight excluding hydrogens is 665 g/mol. The first kappa shape index (κ1) is 34.6. The zero-order valence-electron chi connectivity index (χ0n) is 30.8. The van der Waals surface area contributed by atoms with Gasteiger partial charge in [0.25, 0.3) is 0 Å². The maximum absolute atomic E-state index is 6.60. The number of furan rings is 2. The van der Waals surface area contributed by atoms with Gasteiger partial charge < -0.3 is 14.6 Å². The van der Waals surface area contributed by atoms with Crippen molar-refractivity contribution in [1.82, 2.24) is 0 Å². The van der Waals surface area contributed by atoms with Crippen LogP contribution in [0.25, 0.3) is 38.6 Å². The molecule has 0 spiro atoms. The van der Waals surface area contributed by atoms with Crippen LogP contribution in [-0.2, 0) is 6.42 Å². The minimum absolute atomic E-state index is 0.487. The molecule has 0 bridgehead atoms. The Hall–Kier alpha value is -6.53. The molecule has 0 saturated heterocycles. The van der Waals surface area contributed by atoms with E-state index in [1.807, 2.05) is 85.8 Å². The molecule has 8 rings (SSSR count). The summed E-state index contributed by atoms with van der Waals surface area (Å²) in [4.78, 5) is 15.4. The second kappa shape index (κ2) is 15.2. The molecule has 6 nitrogen and oxygen atoms in total. The summed E-state index contributed by atoms with van der Waals surface area (Å²) >= 11 is 0. The van der Waals surface area contributed by atoms with Crippen molar-refractivity contribution in [2.24, 2.45) is 26.6 Å². The summed E-state index contributed by atoms with van der Waals surface area (Å²) in [6.07, 6.45) is 10.9. The normalized spacial score (nSPS) is 15.8. The zero-order valence-corrected chi connectivity index (χ0v) is 30.8. The van der Waals surface area contributed by atoms with Crippen molar-refractivity contribution in [3.05, 3.63) is 179 Å². The van der Waals surface area contributed by atoms with Crippen LogP contribution >= 0.6 is 0 Å². The van der Waals surface area contributed by atoms with Crippen molar-refractivity contribution < 1.29 is 8.83 Å². The number of nitrogens with zero attached hydrogens (tertiary/aromatic N) is 3. The molecule has 2 N–H and O–H groups in total. The highest BCUT2D eigenvalue weighted by Crippen LogP contribution is 2.37. The van der Waals surface area contributed by atoms with Gasteiger partial charge in [-0.25, -0.2) is 15.0 Å². The molecule has 0 radical (unpaired) electrons. The molecule has 5 aromatic carbocycles. The average molecular weight is 707 g/mol. The molecule has 0 saturated carbocycles. The molecule has 0 fully saturated rings. The SMILES string of the molecule is CC/C=C(/N=C(N=C(C)c1cccc2oc3ccc(Cc4oc5ccccc5c4N=C(N)C4=CCC(C)C=C4)cc3c12)c1ccccc1)c1ccccc1. The summed E-state index contributed by atoms with van der Waals surface area (Å²) in [5, 5.41) is 2.95. The van der Waals surface area contributed by atoms with Gasteiger partial charge in [-0.2, -0.15) is 0 Å². The lowest BCUT2D eigenvalue weighted by atomic mass is 9.98. The first-order valence-electron chi connectivity index (χ1n) is 18.6. The summed E-state index contributed by atoms with van der Waals surface area (Å²) < 4.78 is 12.9. The Bertz CT molecular complexity index is 2670. The summed E-state index contributed by atoms with van der Waals surface area (Å²) in [6, 6.07) is 40.9. The van der Waals surface area contributed by atoms with Gasteiger partial charge in [0, 0.05) is 45.0 Å². The monoisotopic (exact) mass is 706 g/mol. The molecule has 1 aliphatic carbocycles. The number of aliphatic imine (C=N–C) groups is 3. The van der Waals surface area contributed by atoms with Gasteiger partial charge in [0.2, 0.25) is 0 Å². The standard InChI is InChI=1S/C48H42N4O2/c1-4-14-40(34-15-7-5-8-16-34)51-48(36-17-9-6-10-18-36)50-32(3)37-20-13-22-43-45(37)39-29-33(25-28-42(39)53-43)30-44-46(38-19-11-12-21-41(38)54-44)52-47(49)35-26-23-31(2)24-27-35/h5-23,25-29,31H,4,24,30H2,1-3H3,(H2,49,52)/b40-14+,50-32?,51-48?. The average Bonchev–Trinajstić information content (AvgIpc) is 3.75. The van der Waals surface area contributed by atoms with Crippen LogP contribution in [0.4, 0.5) is 5.69 Å². The van der Waals surface area contributed by atoms with Crippen LogP contribution in [0.1, 0.15) is 61.6 Å². The molecule has 0 amide bonds. The third kappa shape index (κ3) is 7.11. The maximum atomic E-state index is 6.60. The zero-order chi connectivity index (χ0) is 37.0. The molecule has 1 unspecified atom stereocenters. The number of allylic oxidation sites excluding steroid dienone is 3. The lowest BCUT2D eigenvalue weighted by molar-refractivity contribution is 0.564. The van der Waals surface area contributed by atoms with Crippen molar-refractivity contribution >= 4 is 61.7 Å². The minimum atomic E-state index is 0.487. The fourth-order valence-electron chi connectivity index (χ4n) is 7.00. The topological polar surface area (TPSA) is 89.4 Å². The van der Waals surface area contributed by atoms with E-state index in [2.05, 4.69) is 80.6 Å². The van der Waals surface area contributed by atoms with E-state index in [-0.39, 0.29) is 0 Å². The molecule has 6 heteroatoms. The number of hydrogen-bond acceptors (Lipinski definition) is 4. The Morgan fingerprint density at radius 3 is 2.26 bits per heavy atom. The molecule has 2 heterocycles. The van der Waals surface area contributed by atoms with Crippen molar-refractivity contribution in [3.8, 4) is 0 Å². The molecule has 7 aromatic rings. The summed E-state index contributed by atoms with van der Waals surface area (Å²) in [6.45, 7) is 6.36. The van der Waals surface area contributed by atoms with Crippen molar-refractivity contribution in [2.45, 2.75) is 40.0 Å². The van der Waals surface area contributed by atoms with Crippen LogP contribution in [-0.4, -0.2) is 17.4 Å². The lowest BCUT2D eigenvalue weighted by Gasteiger charge is -2.11. The third-order valence-corrected chi connectivity index (χ3v) is 9.79. The summed E-state index contributed by atoms with van der Waals surface area (Å²) in [5.74, 6) is 2.39. The van der Waals surface area contributed by atoms with Crippen molar-refractivity contribution in [2.75, 3.05) is 0 Å². The summed E-state index contributed by atoms with van der Waals surface area (Å²) in [5.41, 5.74) is 16.5. The number of amidine groups is 2. The van der Waals surface area contributed by atoms with Crippen LogP contribution in [0.3, 0.4) is 0 Å². The van der Waals surface area contributed by atoms with Gasteiger partial charge in [-0.3, -0.25) is 0 Å². The number of benzene rings is 5. The highest BCUT2D eigenvalue weighted by Gasteiger charge is 2.19. The fourth-order valence-corrected chi connectivity index (χ4v) is 7.00. The lowest BCUT2D eigenvalue weighted by Crippen LogP contribution is -2.15. The van der Waals surface area contributed by atoms with Crippen molar-refractivity contribution in [3.63, 3.8) is 0 Å². The van der Waals surface area contributed by atoms with Gasteiger partial charge in [-0.1, -0.05) is 129 Å². The van der Waals surface area contributed by atoms with E-state index in [9.17, 15) is 0 Å². The second-order valence-electron chi connectivity index (χ2n) is 13.7. The molecule has 266 valence electrons. The Morgan fingerprint density at radius 2 is 1.50 bits per heavy atom. The van der Waals surface area contributed by atoms with Gasteiger partial charge in [-0.15, -0.1) is 0 Å². The van der Waals surface area contributed by atoms with Crippen LogP contribution in [0.5, 0.6) is 0 Å². The predicted octanol–water partition coefficient (Wildman–Crippen LogP) is 12.1. The Kier molecular flexibility index (Phi) is 9.73. The smallest absolute Gasteiger partial charge is 0.160 e. The van der Waals surface area contributed by atoms with Crippen LogP contribution in [0, 0.1) is 5.92 Å². The first-order valence-corrected chi connectivity index (χ1v) is 18.6. The molecule has 2 aromatic heterocycles. The highest BCUT2D eigenvalue weighted by molar-refractivity contribution is 6.21. The highest BCUT2D eigenvalue weighted by atomic mass is 16.3. The van der Waals surface area contributed by atoms with Gasteiger partial charge in [0.05, 0.1) is 5.70 Å². The Balaban J connectivity index is 1.21. The third-order valence-electron chi connectivity index (χ3n) is 9.79. The molecule has 0 aliphatic heterocycles. The molecule has 54 heavy (non-hydrogen) atoms. The Labute approximate surface area is 315 Å². The molecule has 1 aliphatic rings. The van der Waals surface area contributed by atoms with E-state index >= 15 is 0 Å². The predicted molar refractivity (Wildman–Crippen MR) is 225 cm³/mol. The van der Waals surface area contributed by atoms with E-state index in [4.69, 9.17) is 29.5 Å². The van der Waals surface area contributed by atoms with E-state index in [0.717, 1.165) is 96.4 Å². The van der Waals surface area contributed by atoms with Crippen molar-refractivity contribution in [1.29, 1.82) is 0 Å². The largest absolute Gasteiger partial charge is 0.458 e. The second-order valence-corrected chi connectivity index (χ2v) is 13.7. The van der Waals surface area contributed by atoms with Crippen LogP contribution in [0.2, 0.25) is 0 Å². The first-order chi connectivity index (χ1) is 26.4. The van der Waals surface area contributed by atoms with Gasteiger partial charge in [0.1, 0.15) is 34.0 Å². The number of para-hydroxylation sites is 1. The fraction of sp³-hybridized carbons (Fsp3) is 0.146. The number of rotatable bonds is 9. The van der Waals surface area contributed by atoms with Crippen LogP contribution < -0.4 is 5.73 Å². The van der Waals surface area contributed by atoms with E-state index < -0.39 is 0 Å².